The molecule has 3 heterocycles. The van der Waals surface area contributed by atoms with Gasteiger partial charge in [0.2, 0.25) is 5.95 Å². The Labute approximate surface area is 214 Å². The second-order valence-corrected chi connectivity index (χ2v) is 9.15. The van der Waals surface area contributed by atoms with E-state index in [4.69, 9.17) is 10.5 Å². The first kappa shape index (κ1) is 25.4. The van der Waals surface area contributed by atoms with Crippen molar-refractivity contribution >= 4 is 28.9 Å². The number of alkyl halides is 3. The lowest BCUT2D eigenvalue weighted by atomic mass is 10.1. The first-order valence-electron chi connectivity index (χ1n) is 11.9. The zero-order chi connectivity index (χ0) is 27.0. The van der Waals surface area contributed by atoms with Crippen molar-refractivity contribution < 1.29 is 27.8 Å². The minimum Gasteiger partial charge on any atom is -0.451 e. The smallest absolute Gasteiger partial charge is 0.451 e. The largest absolute Gasteiger partial charge is 0.490 e. The third kappa shape index (κ3) is 4.98. The number of nitrogen functional groups attached to an aromatic ring is 1. The molecule has 4 N–H and O–H groups in total. The quantitative estimate of drug-likeness (QED) is 0.307. The standard InChI is InChI=1S/C24H25F3N8O3/c1-13-10-31-35(11-13)16-9-15(18(36)19(16)38-22(37)24(25,26)27)34-12-30-17-20(28)32-23(33-21(17)34)29-8-7-14-5-3-2-4-6-14/h2-6,10-12,15-16,18-19,36H,7-9H2,1H3,(H3,28,29,32,33)/t15-,16+,18+,19-/m1/s1. The number of nitrogens with two attached hydrogens (primary N) is 1. The molecule has 0 radical (unpaired) electrons. The van der Waals surface area contributed by atoms with Crippen molar-refractivity contribution in [3.8, 4) is 0 Å². The van der Waals surface area contributed by atoms with Gasteiger partial charge >= 0.3 is 12.1 Å². The third-order valence-corrected chi connectivity index (χ3v) is 6.48. The number of nitrogens with zero attached hydrogens (tertiary/aromatic N) is 6. The molecule has 1 aliphatic rings. The number of rotatable bonds is 7. The number of halogens is 3. The number of imidazole rings is 1. The molecule has 1 aliphatic carbocycles. The van der Waals surface area contributed by atoms with E-state index in [-0.39, 0.29) is 29.4 Å². The van der Waals surface area contributed by atoms with E-state index >= 15 is 0 Å². The maximum absolute atomic E-state index is 13.0. The molecule has 0 spiro atoms. The van der Waals surface area contributed by atoms with E-state index in [9.17, 15) is 23.1 Å². The van der Waals surface area contributed by atoms with Gasteiger partial charge in [0.1, 0.15) is 11.6 Å². The molecule has 0 aliphatic heterocycles. The van der Waals surface area contributed by atoms with Crippen LogP contribution in [0.3, 0.4) is 0 Å². The molecule has 0 saturated heterocycles. The molecule has 1 aromatic carbocycles. The number of hydrogen-bond acceptors (Lipinski definition) is 9. The fraction of sp³-hybridized carbons (Fsp3) is 0.375. The molecule has 14 heteroatoms. The van der Waals surface area contributed by atoms with Gasteiger partial charge in [0.25, 0.3) is 0 Å². The van der Waals surface area contributed by atoms with E-state index in [0.29, 0.717) is 13.0 Å². The number of aryl methyl sites for hydroxylation is 1. The van der Waals surface area contributed by atoms with E-state index in [0.717, 1.165) is 11.1 Å². The van der Waals surface area contributed by atoms with Gasteiger partial charge in [0, 0.05) is 12.7 Å². The van der Waals surface area contributed by atoms with Crippen molar-refractivity contribution in [1.29, 1.82) is 0 Å². The molecule has 0 amide bonds. The van der Waals surface area contributed by atoms with Crippen LogP contribution in [0.15, 0.2) is 49.1 Å². The van der Waals surface area contributed by atoms with Crippen molar-refractivity contribution in [3.63, 3.8) is 0 Å². The van der Waals surface area contributed by atoms with Crippen molar-refractivity contribution in [1.82, 2.24) is 29.3 Å². The summed E-state index contributed by atoms with van der Waals surface area (Å²) in [5.74, 6) is -2.05. The van der Waals surface area contributed by atoms with Crippen LogP contribution < -0.4 is 11.1 Å². The Morgan fingerprint density at radius 2 is 2.00 bits per heavy atom. The molecule has 11 nitrogen and oxygen atoms in total. The second kappa shape index (κ2) is 9.93. The maximum Gasteiger partial charge on any atom is 0.490 e. The lowest BCUT2D eigenvalue weighted by molar-refractivity contribution is -0.210. The number of carbonyl (C=O) groups is 1. The highest BCUT2D eigenvalue weighted by Gasteiger charge is 2.51. The number of esters is 1. The van der Waals surface area contributed by atoms with Crippen LogP contribution in [0, 0.1) is 6.92 Å². The first-order valence-corrected chi connectivity index (χ1v) is 11.9. The number of benzene rings is 1. The van der Waals surface area contributed by atoms with Crippen LogP contribution >= 0.6 is 0 Å². The number of aliphatic hydroxyl groups excluding tert-OH is 1. The summed E-state index contributed by atoms with van der Waals surface area (Å²) in [5.41, 5.74) is 8.53. The summed E-state index contributed by atoms with van der Waals surface area (Å²) >= 11 is 0. The number of ether oxygens (including phenoxy) is 1. The van der Waals surface area contributed by atoms with Crippen LogP contribution in [0.5, 0.6) is 0 Å². The number of carbonyl (C=O) groups excluding carboxylic acids is 1. The number of aromatic nitrogens is 6. The summed E-state index contributed by atoms with van der Waals surface area (Å²) in [5, 5.41) is 18.4. The summed E-state index contributed by atoms with van der Waals surface area (Å²) in [6, 6.07) is 8.10. The highest BCUT2D eigenvalue weighted by Crippen LogP contribution is 2.42. The highest BCUT2D eigenvalue weighted by atomic mass is 19.4. The predicted molar refractivity (Wildman–Crippen MR) is 130 cm³/mol. The summed E-state index contributed by atoms with van der Waals surface area (Å²) in [6.07, 6.45) is -2.94. The third-order valence-electron chi connectivity index (χ3n) is 6.48. The van der Waals surface area contributed by atoms with Crippen molar-refractivity contribution in [2.45, 2.75) is 50.2 Å². The summed E-state index contributed by atoms with van der Waals surface area (Å²) < 4.78 is 46.7. The fourth-order valence-electron chi connectivity index (χ4n) is 4.68. The number of nitrogens with one attached hydrogen (secondary N) is 1. The van der Waals surface area contributed by atoms with Crippen LogP contribution in [0.2, 0.25) is 0 Å². The average molecular weight is 531 g/mol. The van der Waals surface area contributed by atoms with Gasteiger partial charge in [-0.15, -0.1) is 0 Å². The minimum atomic E-state index is -5.22. The Morgan fingerprint density at radius 1 is 1.24 bits per heavy atom. The SMILES string of the molecule is Cc1cnn([C@H]2C[C@@H](n3cnc4c(N)nc(NCCc5ccccc5)nc43)[C@H](O)[C@@H]2OC(=O)C(F)(F)F)c1. The molecule has 38 heavy (non-hydrogen) atoms. The highest BCUT2D eigenvalue weighted by molar-refractivity contribution is 5.83. The van der Waals surface area contributed by atoms with E-state index < -0.39 is 36.4 Å². The number of hydrogen-bond donors (Lipinski definition) is 3. The monoisotopic (exact) mass is 530 g/mol. The zero-order valence-corrected chi connectivity index (χ0v) is 20.2. The van der Waals surface area contributed by atoms with Crippen LogP contribution in [0.1, 0.15) is 29.6 Å². The second-order valence-electron chi connectivity index (χ2n) is 9.15. The Morgan fingerprint density at radius 3 is 2.68 bits per heavy atom. The summed E-state index contributed by atoms with van der Waals surface area (Å²) in [7, 11) is 0. The van der Waals surface area contributed by atoms with Crippen LogP contribution in [-0.2, 0) is 16.0 Å². The van der Waals surface area contributed by atoms with Gasteiger partial charge in [-0.25, -0.2) is 9.78 Å². The van der Waals surface area contributed by atoms with Gasteiger partial charge in [-0.1, -0.05) is 30.3 Å². The number of aliphatic hydroxyl groups is 1. The molecule has 0 unspecified atom stereocenters. The van der Waals surface area contributed by atoms with Gasteiger partial charge in [-0.05, 0) is 30.9 Å². The Kier molecular flexibility index (Phi) is 6.65. The lowest BCUT2D eigenvalue weighted by Gasteiger charge is -2.24. The van der Waals surface area contributed by atoms with Crippen LogP contribution in [0.4, 0.5) is 24.9 Å². The lowest BCUT2D eigenvalue weighted by Crippen LogP contribution is -2.39. The van der Waals surface area contributed by atoms with Crippen molar-refractivity contribution in [2.75, 3.05) is 17.6 Å². The van der Waals surface area contributed by atoms with Crippen LogP contribution in [-0.4, -0.2) is 65.3 Å². The first-order chi connectivity index (χ1) is 18.1. The molecule has 1 fully saturated rings. The zero-order valence-electron chi connectivity index (χ0n) is 20.2. The van der Waals surface area contributed by atoms with Crippen molar-refractivity contribution in [2.24, 2.45) is 0 Å². The molecule has 4 aromatic rings. The molecule has 1 saturated carbocycles. The average Bonchev–Trinajstić information content (AvgIpc) is 3.57. The Bertz CT molecular complexity index is 1440. The molecule has 4 atom stereocenters. The van der Waals surface area contributed by atoms with E-state index in [1.165, 1.54) is 21.8 Å². The van der Waals surface area contributed by atoms with Crippen LogP contribution in [0.25, 0.3) is 11.2 Å². The topological polar surface area (TPSA) is 146 Å². The molecular weight excluding hydrogens is 505 g/mol. The summed E-state index contributed by atoms with van der Waals surface area (Å²) in [6.45, 7) is 2.28. The minimum absolute atomic E-state index is 0.0875. The Hall–Kier alpha value is -4.20. The molecule has 0 bridgehead atoms. The van der Waals surface area contributed by atoms with E-state index in [2.05, 4.69) is 25.4 Å². The predicted octanol–water partition coefficient (Wildman–Crippen LogP) is 2.59. The fourth-order valence-corrected chi connectivity index (χ4v) is 4.68. The van der Waals surface area contributed by atoms with Gasteiger partial charge in [-0.2, -0.15) is 28.2 Å². The van der Waals surface area contributed by atoms with Gasteiger partial charge in [0.15, 0.2) is 17.6 Å². The van der Waals surface area contributed by atoms with E-state index in [1.54, 1.807) is 13.1 Å². The van der Waals surface area contributed by atoms with E-state index in [1.807, 2.05) is 30.3 Å². The normalized spacial score (nSPS) is 21.6. The molecule has 3 aromatic heterocycles. The number of anilines is 2. The Balaban J connectivity index is 1.43. The maximum atomic E-state index is 13.0. The molecule has 5 rings (SSSR count). The van der Waals surface area contributed by atoms with Gasteiger partial charge < -0.3 is 25.5 Å². The van der Waals surface area contributed by atoms with Gasteiger partial charge in [0.05, 0.1) is 24.6 Å². The van der Waals surface area contributed by atoms with Crippen molar-refractivity contribution in [3.05, 3.63) is 60.2 Å². The number of fused-ring (bicyclic) bond motifs is 1. The summed E-state index contributed by atoms with van der Waals surface area (Å²) in [4.78, 5) is 24.7. The molecule has 200 valence electrons. The molecular formula is C24H25F3N8O3. The van der Waals surface area contributed by atoms with Gasteiger partial charge in [-0.3, -0.25) is 4.68 Å².